The fourth-order valence-corrected chi connectivity index (χ4v) is 3.16. The molecule has 0 saturated carbocycles. The van der Waals surface area contributed by atoms with Gasteiger partial charge in [-0.3, -0.25) is 0 Å². The molecule has 0 aliphatic carbocycles. The number of imidazole rings is 1. The molecule has 0 aliphatic heterocycles. The fraction of sp³-hybridized carbons (Fsp3) is 0.174. The minimum Gasteiger partial charge on any atom is -0.497 e. The molecule has 0 fully saturated rings. The summed E-state index contributed by atoms with van der Waals surface area (Å²) in [6.07, 6.45) is 5.48. The lowest BCUT2D eigenvalue weighted by atomic mass is 10.0. The van der Waals surface area contributed by atoms with Crippen LogP contribution in [0.5, 0.6) is 11.5 Å². The third-order valence-corrected chi connectivity index (χ3v) is 4.81. The van der Waals surface area contributed by atoms with Crippen LogP contribution >= 0.6 is 0 Å². The van der Waals surface area contributed by atoms with Crippen LogP contribution < -0.4 is 14.8 Å². The van der Waals surface area contributed by atoms with Gasteiger partial charge in [0, 0.05) is 37.7 Å². The molecule has 0 atom stereocenters. The van der Waals surface area contributed by atoms with Crippen LogP contribution in [-0.2, 0) is 13.6 Å². The number of ether oxygens (including phenoxy) is 2. The van der Waals surface area contributed by atoms with E-state index in [-0.39, 0.29) is 0 Å². The number of nitrogens with zero attached hydrogens (tertiary/aromatic N) is 4. The molecule has 0 aliphatic rings. The molecule has 1 N–H and O–H groups in total. The van der Waals surface area contributed by atoms with Crippen molar-refractivity contribution in [2.45, 2.75) is 6.54 Å². The molecule has 0 radical (unpaired) electrons. The van der Waals surface area contributed by atoms with Crippen LogP contribution in [0.3, 0.4) is 0 Å². The van der Waals surface area contributed by atoms with Gasteiger partial charge in [0.05, 0.1) is 14.2 Å². The van der Waals surface area contributed by atoms with Crippen molar-refractivity contribution in [1.29, 1.82) is 0 Å². The van der Waals surface area contributed by atoms with E-state index >= 15 is 0 Å². The van der Waals surface area contributed by atoms with Gasteiger partial charge in [0.15, 0.2) is 5.82 Å². The molecule has 0 unspecified atom stereocenters. The Morgan fingerprint density at radius 3 is 2.47 bits per heavy atom. The maximum Gasteiger partial charge on any atom is 0.223 e. The van der Waals surface area contributed by atoms with Gasteiger partial charge in [-0.25, -0.2) is 15.0 Å². The summed E-state index contributed by atoms with van der Waals surface area (Å²) >= 11 is 0. The van der Waals surface area contributed by atoms with Crippen molar-refractivity contribution in [3.8, 4) is 34.1 Å². The minimum atomic E-state index is 0.537. The van der Waals surface area contributed by atoms with Crippen LogP contribution in [-0.4, -0.2) is 33.7 Å². The zero-order chi connectivity index (χ0) is 20.9. The maximum atomic E-state index is 5.38. The third-order valence-electron chi connectivity index (χ3n) is 4.81. The van der Waals surface area contributed by atoms with Gasteiger partial charge in [-0.15, -0.1) is 0 Å². The van der Waals surface area contributed by atoms with Crippen molar-refractivity contribution in [3.63, 3.8) is 0 Å². The highest BCUT2D eigenvalue weighted by Crippen LogP contribution is 2.31. The van der Waals surface area contributed by atoms with E-state index in [0.29, 0.717) is 12.5 Å². The quantitative estimate of drug-likeness (QED) is 0.501. The molecule has 7 heteroatoms. The average Bonchev–Trinajstić information content (AvgIpc) is 3.23. The second-order valence-electron chi connectivity index (χ2n) is 6.75. The van der Waals surface area contributed by atoms with Gasteiger partial charge in [0.1, 0.15) is 17.2 Å². The molecule has 2 heterocycles. The Bertz CT molecular complexity index is 1140. The summed E-state index contributed by atoms with van der Waals surface area (Å²) < 4.78 is 12.5. The van der Waals surface area contributed by atoms with E-state index in [2.05, 4.69) is 15.3 Å². The Labute approximate surface area is 175 Å². The summed E-state index contributed by atoms with van der Waals surface area (Å²) in [5.74, 6) is 2.91. The van der Waals surface area contributed by atoms with Gasteiger partial charge in [-0.05, 0) is 35.4 Å². The molecule has 7 nitrogen and oxygen atoms in total. The normalized spacial score (nSPS) is 10.6. The topological polar surface area (TPSA) is 74.1 Å². The van der Waals surface area contributed by atoms with E-state index in [4.69, 9.17) is 14.5 Å². The Balaban J connectivity index is 1.67. The Hall–Kier alpha value is -3.87. The standard InChI is InChI=1S/C23H23N5O2/c1-28-12-11-24-22(28)21-20(17-5-4-6-19(13-17)30-3)15-26-23(27-21)25-14-16-7-9-18(29-2)10-8-16/h4-13,15H,14H2,1-3H3,(H,25,26,27). The van der Waals surface area contributed by atoms with Crippen LogP contribution in [0.15, 0.2) is 67.1 Å². The molecule has 4 aromatic rings. The first-order chi connectivity index (χ1) is 14.7. The lowest BCUT2D eigenvalue weighted by Gasteiger charge is -2.12. The number of methoxy groups -OCH3 is 2. The zero-order valence-electron chi connectivity index (χ0n) is 17.2. The number of hydrogen-bond donors (Lipinski definition) is 1. The van der Waals surface area contributed by atoms with E-state index in [1.807, 2.05) is 72.5 Å². The molecule has 0 spiro atoms. The lowest BCUT2D eigenvalue weighted by molar-refractivity contribution is 0.414. The van der Waals surface area contributed by atoms with Crippen molar-refractivity contribution in [2.24, 2.45) is 7.05 Å². The van der Waals surface area contributed by atoms with E-state index < -0.39 is 0 Å². The van der Waals surface area contributed by atoms with Gasteiger partial charge in [0.2, 0.25) is 5.95 Å². The molecule has 0 saturated heterocycles. The summed E-state index contributed by atoms with van der Waals surface area (Å²) in [4.78, 5) is 13.8. The number of anilines is 1. The first-order valence-corrected chi connectivity index (χ1v) is 9.54. The number of hydrogen-bond acceptors (Lipinski definition) is 6. The average molecular weight is 401 g/mol. The summed E-state index contributed by atoms with van der Waals surface area (Å²) in [5.41, 5.74) is 3.71. The summed E-state index contributed by atoms with van der Waals surface area (Å²) in [6.45, 7) is 0.600. The van der Waals surface area contributed by atoms with E-state index in [1.165, 1.54) is 0 Å². The second-order valence-corrected chi connectivity index (χ2v) is 6.75. The highest BCUT2D eigenvalue weighted by molar-refractivity contribution is 5.78. The van der Waals surface area contributed by atoms with Gasteiger partial charge in [-0.1, -0.05) is 24.3 Å². The van der Waals surface area contributed by atoms with E-state index in [9.17, 15) is 0 Å². The molecular weight excluding hydrogens is 378 g/mol. The van der Waals surface area contributed by atoms with Crippen molar-refractivity contribution >= 4 is 5.95 Å². The molecule has 0 bridgehead atoms. The largest absolute Gasteiger partial charge is 0.497 e. The summed E-state index contributed by atoms with van der Waals surface area (Å²) in [7, 11) is 5.26. The smallest absolute Gasteiger partial charge is 0.223 e. The molecule has 2 aromatic carbocycles. The van der Waals surface area contributed by atoms with E-state index in [1.54, 1.807) is 20.4 Å². The Morgan fingerprint density at radius 2 is 1.77 bits per heavy atom. The van der Waals surface area contributed by atoms with E-state index in [0.717, 1.165) is 39.7 Å². The summed E-state index contributed by atoms with van der Waals surface area (Å²) in [5, 5.41) is 3.30. The second kappa shape index (κ2) is 8.65. The monoisotopic (exact) mass is 401 g/mol. The molecule has 0 amide bonds. The van der Waals surface area contributed by atoms with Gasteiger partial charge in [-0.2, -0.15) is 0 Å². The highest BCUT2D eigenvalue weighted by Gasteiger charge is 2.15. The number of benzene rings is 2. The predicted octanol–water partition coefficient (Wildman–Crippen LogP) is 4.17. The third kappa shape index (κ3) is 4.10. The number of nitrogens with one attached hydrogen (secondary N) is 1. The number of aromatic nitrogens is 4. The van der Waals surface area contributed by atoms with Crippen LogP contribution in [0, 0.1) is 0 Å². The number of aryl methyl sites for hydroxylation is 1. The van der Waals surface area contributed by atoms with Crippen molar-refractivity contribution in [2.75, 3.05) is 19.5 Å². The van der Waals surface area contributed by atoms with Crippen molar-refractivity contribution < 1.29 is 9.47 Å². The molecular formula is C23H23N5O2. The summed E-state index contributed by atoms with van der Waals surface area (Å²) in [6, 6.07) is 15.7. The first kappa shape index (κ1) is 19.4. The van der Waals surface area contributed by atoms with Crippen LogP contribution in [0.2, 0.25) is 0 Å². The van der Waals surface area contributed by atoms with Crippen LogP contribution in [0.25, 0.3) is 22.6 Å². The van der Waals surface area contributed by atoms with Crippen LogP contribution in [0.4, 0.5) is 5.95 Å². The SMILES string of the molecule is COc1ccc(CNc2ncc(-c3cccc(OC)c3)c(-c3nccn3C)n2)cc1. The zero-order valence-corrected chi connectivity index (χ0v) is 17.2. The predicted molar refractivity (Wildman–Crippen MR) is 117 cm³/mol. The molecule has 2 aromatic heterocycles. The van der Waals surface area contributed by atoms with Gasteiger partial charge in [0.25, 0.3) is 0 Å². The lowest BCUT2D eigenvalue weighted by Crippen LogP contribution is -2.06. The maximum absolute atomic E-state index is 5.38. The Morgan fingerprint density at radius 1 is 0.967 bits per heavy atom. The van der Waals surface area contributed by atoms with Gasteiger partial charge < -0.3 is 19.4 Å². The van der Waals surface area contributed by atoms with Crippen LogP contribution in [0.1, 0.15) is 5.56 Å². The molecule has 30 heavy (non-hydrogen) atoms. The fourth-order valence-electron chi connectivity index (χ4n) is 3.16. The highest BCUT2D eigenvalue weighted by atomic mass is 16.5. The number of rotatable bonds is 7. The Kier molecular flexibility index (Phi) is 5.61. The van der Waals surface area contributed by atoms with Crippen molar-refractivity contribution in [1.82, 2.24) is 19.5 Å². The minimum absolute atomic E-state index is 0.537. The van der Waals surface area contributed by atoms with Gasteiger partial charge >= 0.3 is 0 Å². The van der Waals surface area contributed by atoms with Crippen molar-refractivity contribution in [3.05, 3.63) is 72.7 Å². The molecule has 4 rings (SSSR count). The molecule has 152 valence electrons. The first-order valence-electron chi connectivity index (χ1n) is 9.54.